The predicted molar refractivity (Wildman–Crippen MR) is 103 cm³/mol. The third-order valence-electron chi connectivity index (χ3n) is 5.00. The number of amidine groups is 1. The van der Waals surface area contributed by atoms with Gasteiger partial charge >= 0.3 is 0 Å². The SMILES string of the molecule is CCOC1=NCN(C2CCCCCC2)CN1c1ccc(OC)c(Cl)c1. The van der Waals surface area contributed by atoms with Crippen molar-refractivity contribution in [2.45, 2.75) is 51.5 Å². The van der Waals surface area contributed by atoms with E-state index in [2.05, 4.69) is 9.80 Å². The minimum absolute atomic E-state index is 0.599. The summed E-state index contributed by atoms with van der Waals surface area (Å²) in [6.45, 7) is 4.08. The van der Waals surface area contributed by atoms with Crippen molar-refractivity contribution in [2.24, 2.45) is 4.99 Å². The van der Waals surface area contributed by atoms with Crippen molar-refractivity contribution in [1.29, 1.82) is 0 Å². The maximum Gasteiger partial charge on any atom is 0.294 e. The van der Waals surface area contributed by atoms with Crippen molar-refractivity contribution in [3.63, 3.8) is 0 Å². The molecule has 0 amide bonds. The largest absolute Gasteiger partial charge is 0.495 e. The molecule has 0 aromatic heterocycles. The van der Waals surface area contributed by atoms with Gasteiger partial charge < -0.3 is 9.47 Å². The number of ether oxygens (including phenoxy) is 2. The van der Waals surface area contributed by atoms with Crippen molar-refractivity contribution in [2.75, 3.05) is 32.0 Å². The Labute approximate surface area is 155 Å². The lowest BCUT2D eigenvalue weighted by Gasteiger charge is -2.39. The maximum absolute atomic E-state index is 6.33. The van der Waals surface area contributed by atoms with Gasteiger partial charge in [-0.3, -0.25) is 9.80 Å². The van der Waals surface area contributed by atoms with Crippen LogP contribution in [0.5, 0.6) is 5.75 Å². The van der Waals surface area contributed by atoms with Gasteiger partial charge in [0.15, 0.2) is 0 Å². The Balaban J connectivity index is 1.82. The Bertz CT molecular complexity index is 600. The third kappa shape index (κ3) is 4.39. The van der Waals surface area contributed by atoms with Crippen molar-refractivity contribution in [1.82, 2.24) is 4.90 Å². The molecule has 1 saturated carbocycles. The molecule has 0 atom stereocenters. The molecule has 1 heterocycles. The summed E-state index contributed by atoms with van der Waals surface area (Å²) < 4.78 is 11.1. The monoisotopic (exact) mass is 365 g/mol. The van der Waals surface area contributed by atoms with Gasteiger partial charge in [0.2, 0.25) is 0 Å². The average Bonchev–Trinajstić information content (AvgIpc) is 2.92. The van der Waals surface area contributed by atoms with Crippen LogP contribution in [-0.2, 0) is 4.74 Å². The Hall–Kier alpha value is -1.46. The van der Waals surface area contributed by atoms with Crippen LogP contribution in [0, 0.1) is 0 Å². The zero-order valence-electron chi connectivity index (χ0n) is 15.2. The van der Waals surface area contributed by atoms with E-state index in [1.54, 1.807) is 7.11 Å². The van der Waals surface area contributed by atoms with E-state index >= 15 is 0 Å². The molecule has 1 aromatic carbocycles. The summed E-state index contributed by atoms with van der Waals surface area (Å²) in [4.78, 5) is 9.29. The fourth-order valence-corrected chi connectivity index (χ4v) is 3.90. The van der Waals surface area contributed by atoms with Gasteiger partial charge in [0.25, 0.3) is 6.02 Å². The number of hydrogen-bond acceptors (Lipinski definition) is 5. The van der Waals surface area contributed by atoms with Crippen molar-refractivity contribution in [3.05, 3.63) is 23.2 Å². The Morgan fingerprint density at radius 3 is 2.60 bits per heavy atom. The van der Waals surface area contributed by atoms with Gasteiger partial charge in [0.05, 0.1) is 32.1 Å². The fourth-order valence-electron chi connectivity index (χ4n) is 3.65. The molecule has 25 heavy (non-hydrogen) atoms. The molecule has 0 spiro atoms. The summed E-state index contributed by atoms with van der Waals surface area (Å²) in [6.07, 6.45) is 7.87. The van der Waals surface area contributed by atoms with E-state index in [4.69, 9.17) is 26.1 Å². The average molecular weight is 366 g/mol. The highest BCUT2D eigenvalue weighted by atomic mass is 35.5. The maximum atomic E-state index is 6.33. The highest BCUT2D eigenvalue weighted by molar-refractivity contribution is 6.32. The molecule has 5 nitrogen and oxygen atoms in total. The minimum atomic E-state index is 0.599. The number of methoxy groups -OCH3 is 1. The van der Waals surface area contributed by atoms with E-state index in [9.17, 15) is 0 Å². The van der Waals surface area contributed by atoms with Gasteiger partial charge in [-0.05, 0) is 38.0 Å². The highest BCUT2D eigenvalue weighted by Crippen LogP contribution is 2.31. The van der Waals surface area contributed by atoms with Gasteiger partial charge in [0.1, 0.15) is 5.75 Å². The molecule has 2 aliphatic rings. The number of aliphatic imine (C=N–C) groups is 1. The van der Waals surface area contributed by atoms with Gasteiger partial charge in [-0.1, -0.05) is 37.3 Å². The Morgan fingerprint density at radius 2 is 1.96 bits per heavy atom. The first-order valence-corrected chi connectivity index (χ1v) is 9.63. The molecule has 0 N–H and O–H groups in total. The summed E-state index contributed by atoms with van der Waals surface area (Å²) in [5.74, 6) is 0.679. The number of halogens is 1. The second kappa shape index (κ2) is 8.77. The lowest BCUT2D eigenvalue weighted by molar-refractivity contribution is 0.170. The molecule has 0 bridgehead atoms. The number of nitrogens with zero attached hydrogens (tertiary/aromatic N) is 3. The fraction of sp³-hybridized carbons (Fsp3) is 0.632. The van der Waals surface area contributed by atoms with Crippen LogP contribution in [0.1, 0.15) is 45.4 Å². The normalized spacial score (nSPS) is 20.1. The lowest BCUT2D eigenvalue weighted by atomic mass is 10.1. The molecule has 1 aliphatic heterocycles. The zero-order chi connectivity index (χ0) is 17.6. The second-order valence-electron chi connectivity index (χ2n) is 6.64. The van der Waals surface area contributed by atoms with E-state index in [1.165, 1.54) is 38.5 Å². The molecule has 3 rings (SSSR count). The first-order valence-electron chi connectivity index (χ1n) is 9.25. The second-order valence-corrected chi connectivity index (χ2v) is 7.04. The topological polar surface area (TPSA) is 37.3 Å². The minimum Gasteiger partial charge on any atom is -0.495 e. The number of rotatable bonds is 4. The Morgan fingerprint density at radius 1 is 1.20 bits per heavy atom. The van der Waals surface area contributed by atoms with E-state index < -0.39 is 0 Å². The predicted octanol–water partition coefficient (Wildman–Crippen LogP) is 4.50. The smallest absolute Gasteiger partial charge is 0.294 e. The van der Waals surface area contributed by atoms with Crippen molar-refractivity contribution < 1.29 is 9.47 Å². The highest BCUT2D eigenvalue weighted by Gasteiger charge is 2.28. The molecule has 0 radical (unpaired) electrons. The van der Waals surface area contributed by atoms with Crippen LogP contribution < -0.4 is 9.64 Å². The summed E-state index contributed by atoms with van der Waals surface area (Å²) in [5, 5.41) is 0.599. The number of anilines is 1. The van der Waals surface area contributed by atoms with E-state index in [1.807, 2.05) is 25.1 Å². The van der Waals surface area contributed by atoms with Crippen LogP contribution in [-0.4, -0.2) is 44.0 Å². The van der Waals surface area contributed by atoms with E-state index in [0.717, 1.165) is 12.4 Å². The van der Waals surface area contributed by atoms with Gasteiger partial charge in [-0.15, -0.1) is 0 Å². The standard InChI is InChI=1S/C19H28ClN3O2/c1-3-25-19-21-13-22(15-8-6-4-5-7-9-15)14-23(19)16-10-11-18(24-2)17(20)12-16/h10-12,15H,3-9,13-14H2,1-2H3. The Kier molecular flexibility index (Phi) is 6.43. The van der Waals surface area contributed by atoms with Crippen LogP contribution >= 0.6 is 11.6 Å². The molecule has 0 unspecified atom stereocenters. The molecule has 0 saturated heterocycles. The van der Waals surface area contributed by atoms with Crippen LogP contribution in [0.15, 0.2) is 23.2 Å². The molecule has 1 aliphatic carbocycles. The van der Waals surface area contributed by atoms with Gasteiger partial charge in [0, 0.05) is 11.7 Å². The quantitative estimate of drug-likeness (QED) is 0.736. The summed E-state index contributed by atoms with van der Waals surface area (Å²) in [6, 6.07) is 7.10. The van der Waals surface area contributed by atoms with Gasteiger partial charge in [-0.25, -0.2) is 4.99 Å². The first-order chi connectivity index (χ1) is 12.2. The zero-order valence-corrected chi connectivity index (χ0v) is 16.0. The molecular formula is C19H28ClN3O2. The molecular weight excluding hydrogens is 338 g/mol. The summed E-state index contributed by atoms with van der Waals surface area (Å²) in [5.41, 5.74) is 0.983. The van der Waals surface area contributed by atoms with Crippen molar-refractivity contribution in [3.8, 4) is 5.75 Å². The van der Waals surface area contributed by atoms with Gasteiger partial charge in [-0.2, -0.15) is 0 Å². The molecule has 138 valence electrons. The van der Waals surface area contributed by atoms with Crippen LogP contribution in [0.2, 0.25) is 5.02 Å². The molecule has 1 fully saturated rings. The first kappa shape index (κ1) is 18.3. The van der Waals surface area contributed by atoms with Crippen LogP contribution in [0.25, 0.3) is 0 Å². The van der Waals surface area contributed by atoms with E-state index in [-0.39, 0.29) is 0 Å². The van der Waals surface area contributed by atoms with Crippen LogP contribution in [0.4, 0.5) is 5.69 Å². The molecule has 1 aromatic rings. The van der Waals surface area contributed by atoms with Crippen LogP contribution in [0.3, 0.4) is 0 Å². The molecule has 6 heteroatoms. The van der Waals surface area contributed by atoms with Crippen molar-refractivity contribution >= 4 is 23.3 Å². The van der Waals surface area contributed by atoms with E-state index in [0.29, 0.717) is 36.1 Å². The third-order valence-corrected chi connectivity index (χ3v) is 5.30. The number of benzene rings is 1. The number of hydrogen-bond donors (Lipinski definition) is 0. The lowest BCUT2D eigenvalue weighted by Crippen LogP contribution is -2.51. The summed E-state index contributed by atoms with van der Waals surface area (Å²) >= 11 is 6.33. The summed E-state index contributed by atoms with van der Waals surface area (Å²) in [7, 11) is 1.63.